The zero-order valence-corrected chi connectivity index (χ0v) is 18.1. The Hall–Kier alpha value is -3.29. The summed E-state index contributed by atoms with van der Waals surface area (Å²) < 4.78 is 6.80. The minimum absolute atomic E-state index is 0.508. The number of anilines is 1. The van der Waals surface area contributed by atoms with E-state index in [1.807, 2.05) is 59.6 Å². The van der Waals surface area contributed by atoms with Crippen molar-refractivity contribution in [2.45, 2.75) is 6.92 Å². The van der Waals surface area contributed by atoms with Gasteiger partial charge in [-0.2, -0.15) is 5.10 Å². The Balaban J connectivity index is 1.52. The quantitative estimate of drug-likeness (QED) is 0.410. The number of benzene rings is 2. The molecular weight excluding hydrogens is 430 g/mol. The number of aromatic nitrogens is 1. The third-order valence-corrected chi connectivity index (χ3v) is 6.88. The van der Waals surface area contributed by atoms with Gasteiger partial charge >= 0.3 is 0 Å². The molecule has 0 saturated heterocycles. The van der Waals surface area contributed by atoms with Crippen LogP contribution in [0.2, 0.25) is 5.02 Å². The first-order valence-electron chi connectivity index (χ1n) is 9.80. The zero-order valence-electron chi connectivity index (χ0n) is 16.5. The van der Waals surface area contributed by atoms with Crippen molar-refractivity contribution in [3.8, 4) is 0 Å². The lowest BCUT2D eigenvalue weighted by Gasteiger charge is -2.29. The van der Waals surface area contributed by atoms with Crippen LogP contribution in [0, 0.1) is 5.41 Å². The molecule has 0 N–H and O–H groups in total. The number of hydrogen-bond acceptors (Lipinski definition) is 7. The molecule has 0 aliphatic carbocycles. The van der Waals surface area contributed by atoms with Crippen LogP contribution in [0.5, 0.6) is 0 Å². The Morgan fingerprint density at radius 2 is 1.84 bits per heavy atom. The predicted molar refractivity (Wildman–Crippen MR) is 126 cm³/mol. The Morgan fingerprint density at radius 3 is 2.61 bits per heavy atom. The van der Waals surface area contributed by atoms with E-state index < -0.39 is 5.41 Å². The van der Waals surface area contributed by atoms with E-state index in [2.05, 4.69) is 23.2 Å². The van der Waals surface area contributed by atoms with Crippen molar-refractivity contribution >= 4 is 56.0 Å². The molecule has 6 rings (SSSR count). The van der Waals surface area contributed by atoms with Gasteiger partial charge in [0, 0.05) is 5.02 Å². The van der Waals surface area contributed by atoms with Crippen molar-refractivity contribution in [2.24, 2.45) is 20.7 Å². The highest BCUT2D eigenvalue weighted by Crippen LogP contribution is 2.39. The lowest BCUT2D eigenvalue weighted by molar-refractivity contribution is 0.541. The summed E-state index contributed by atoms with van der Waals surface area (Å²) in [6.07, 6.45) is 1.65. The van der Waals surface area contributed by atoms with Crippen LogP contribution < -0.4 is 5.01 Å². The number of hydrazone groups is 1. The van der Waals surface area contributed by atoms with Gasteiger partial charge in [0.2, 0.25) is 0 Å². The maximum atomic E-state index is 6.09. The predicted octanol–water partition coefficient (Wildman–Crippen LogP) is 5.63. The van der Waals surface area contributed by atoms with E-state index in [-0.39, 0.29) is 0 Å². The van der Waals surface area contributed by atoms with Gasteiger partial charge in [-0.3, -0.25) is 5.01 Å². The third-order valence-electron chi connectivity index (χ3n) is 5.58. The van der Waals surface area contributed by atoms with Crippen LogP contribution >= 0.6 is 22.9 Å². The molecule has 8 heteroatoms. The van der Waals surface area contributed by atoms with Gasteiger partial charge in [-0.1, -0.05) is 23.7 Å². The maximum absolute atomic E-state index is 6.09. The minimum Gasteiger partial charge on any atom is -0.463 e. The Bertz CT molecular complexity index is 1350. The summed E-state index contributed by atoms with van der Waals surface area (Å²) in [6, 6.07) is 19.5. The number of para-hydroxylation sites is 1. The van der Waals surface area contributed by atoms with E-state index >= 15 is 0 Å². The van der Waals surface area contributed by atoms with Crippen molar-refractivity contribution in [2.75, 3.05) is 11.6 Å². The Kier molecular flexibility index (Phi) is 4.09. The smallest absolute Gasteiger partial charge is 0.151 e. The molecule has 0 bridgehead atoms. The summed E-state index contributed by atoms with van der Waals surface area (Å²) in [5, 5.41) is 17.6. The van der Waals surface area contributed by atoms with Crippen molar-refractivity contribution < 1.29 is 4.42 Å². The van der Waals surface area contributed by atoms with E-state index in [1.54, 1.807) is 17.6 Å². The Labute approximate surface area is 187 Å². The molecule has 0 spiro atoms. The molecule has 1 unspecified atom stereocenters. The van der Waals surface area contributed by atoms with Gasteiger partial charge in [0.1, 0.15) is 22.1 Å². The maximum Gasteiger partial charge on any atom is 0.151 e. The second-order valence-electron chi connectivity index (χ2n) is 7.68. The lowest BCUT2D eigenvalue weighted by atomic mass is 9.77. The van der Waals surface area contributed by atoms with Crippen molar-refractivity contribution in [3.63, 3.8) is 0 Å². The summed E-state index contributed by atoms with van der Waals surface area (Å²) in [5.74, 6) is 0.695. The summed E-state index contributed by atoms with van der Waals surface area (Å²) >= 11 is 7.69. The first-order chi connectivity index (χ1) is 15.1. The van der Waals surface area contributed by atoms with Gasteiger partial charge in [0.05, 0.1) is 34.1 Å². The van der Waals surface area contributed by atoms with Gasteiger partial charge in [-0.05, 0) is 55.5 Å². The number of halogens is 1. The van der Waals surface area contributed by atoms with Crippen molar-refractivity contribution in [1.29, 1.82) is 0 Å². The van der Waals surface area contributed by atoms with E-state index in [0.29, 0.717) is 23.0 Å². The molecule has 2 aromatic heterocycles. The summed E-state index contributed by atoms with van der Waals surface area (Å²) in [6.45, 7) is 2.73. The summed E-state index contributed by atoms with van der Waals surface area (Å²) in [7, 11) is 0. The second-order valence-corrected chi connectivity index (χ2v) is 9.14. The average molecular weight is 446 g/mol. The van der Waals surface area contributed by atoms with E-state index in [9.17, 15) is 0 Å². The van der Waals surface area contributed by atoms with Gasteiger partial charge < -0.3 is 4.42 Å². The van der Waals surface area contributed by atoms with Crippen molar-refractivity contribution in [3.05, 3.63) is 82.7 Å². The Morgan fingerprint density at radius 1 is 1.00 bits per heavy atom. The van der Waals surface area contributed by atoms with Gasteiger partial charge in [-0.15, -0.1) is 21.5 Å². The molecule has 6 nitrogen and oxygen atoms in total. The number of thiazole rings is 1. The molecule has 0 radical (unpaired) electrons. The highest BCUT2D eigenvalue weighted by atomic mass is 35.5. The number of hydrogen-bond donors (Lipinski definition) is 0. The molecule has 4 heterocycles. The van der Waals surface area contributed by atoms with Crippen LogP contribution in [-0.4, -0.2) is 28.7 Å². The molecule has 1 atom stereocenters. The highest BCUT2D eigenvalue weighted by molar-refractivity contribution is 7.21. The van der Waals surface area contributed by atoms with Gasteiger partial charge in [-0.25, -0.2) is 4.98 Å². The van der Waals surface area contributed by atoms with Gasteiger partial charge in [0.15, 0.2) is 5.76 Å². The number of nitrogens with zero attached hydrogens (tertiary/aromatic N) is 5. The molecule has 2 aliphatic heterocycles. The number of rotatable bonds is 3. The molecule has 2 aromatic carbocycles. The van der Waals surface area contributed by atoms with Crippen LogP contribution in [0.25, 0.3) is 10.2 Å². The average Bonchev–Trinajstić information content (AvgIpc) is 3.51. The highest BCUT2D eigenvalue weighted by Gasteiger charge is 2.49. The first kappa shape index (κ1) is 18.5. The number of furan rings is 1. The fourth-order valence-electron chi connectivity index (χ4n) is 4.01. The molecule has 31 heavy (non-hydrogen) atoms. The molecule has 0 saturated carbocycles. The van der Waals surface area contributed by atoms with Crippen LogP contribution in [-0.2, 0) is 0 Å². The number of fused-ring (bicyclic) bond motifs is 2. The van der Waals surface area contributed by atoms with Crippen LogP contribution in [0.3, 0.4) is 0 Å². The summed E-state index contributed by atoms with van der Waals surface area (Å²) in [5.41, 5.74) is 3.69. The fourth-order valence-corrected chi connectivity index (χ4v) is 5.09. The fraction of sp³-hybridized carbons (Fsp3) is 0.130. The normalized spacial score (nSPS) is 20.5. The zero-order chi connectivity index (χ0) is 21.0. The first-order valence-corrected chi connectivity index (χ1v) is 11.0. The topological polar surface area (TPSA) is 66.3 Å². The van der Waals surface area contributed by atoms with Crippen LogP contribution in [0.1, 0.15) is 17.7 Å². The monoisotopic (exact) mass is 445 g/mol. The molecular formula is C23H16ClN5OS. The second kappa shape index (κ2) is 6.87. The summed E-state index contributed by atoms with van der Waals surface area (Å²) in [4.78, 5) is 4.80. The van der Waals surface area contributed by atoms with Gasteiger partial charge in [0.25, 0.3) is 0 Å². The van der Waals surface area contributed by atoms with E-state index in [1.165, 1.54) is 0 Å². The largest absolute Gasteiger partial charge is 0.463 e. The molecule has 0 fully saturated rings. The van der Waals surface area contributed by atoms with Crippen molar-refractivity contribution in [1.82, 2.24) is 4.98 Å². The molecule has 0 amide bonds. The molecule has 152 valence electrons. The standard InChI is InChI=1S/C23H16ClN5OS/c1-23-13-29(15-10-8-14(24)9-11-15)28-21(23)19(26-27-20(23)17-6-4-12-30-17)22-25-16-5-2-3-7-18(16)31-22/h2-12H,13H2,1H3. The molecule has 2 aliphatic rings. The molecule has 4 aromatic rings. The van der Waals surface area contributed by atoms with Crippen LogP contribution in [0.15, 0.2) is 86.6 Å². The lowest BCUT2D eigenvalue weighted by Crippen LogP contribution is -2.44. The SMILES string of the molecule is CC12CN(c3ccc(Cl)cc3)N=C1C(c1nc3ccccc3s1)=NN=C2c1ccco1. The third kappa shape index (κ3) is 2.92. The van der Waals surface area contributed by atoms with E-state index in [0.717, 1.165) is 32.3 Å². The minimum atomic E-state index is -0.508. The van der Waals surface area contributed by atoms with E-state index in [4.69, 9.17) is 26.1 Å². The van der Waals surface area contributed by atoms with Crippen LogP contribution in [0.4, 0.5) is 5.69 Å².